The molecule has 168 valence electrons. The van der Waals surface area contributed by atoms with Crippen LogP contribution in [0.1, 0.15) is 15.9 Å². The molecular formula is C21H25FN2O6S. The second-order valence-electron chi connectivity index (χ2n) is 7.44. The van der Waals surface area contributed by atoms with Crippen LogP contribution in [0, 0.1) is 5.82 Å². The second kappa shape index (κ2) is 9.31. The average Bonchev–Trinajstić information content (AvgIpc) is 3.07. The topological polar surface area (TPSA) is 105 Å². The average molecular weight is 453 g/mol. The Balaban J connectivity index is 1.77. The Kier molecular flexibility index (Phi) is 6.95. The van der Waals surface area contributed by atoms with Crippen LogP contribution in [-0.2, 0) is 21.2 Å². The summed E-state index contributed by atoms with van der Waals surface area (Å²) in [4.78, 5) is 12.1. The molecule has 1 heterocycles. The van der Waals surface area contributed by atoms with Crippen LogP contribution in [0.25, 0.3) is 0 Å². The first-order chi connectivity index (χ1) is 14.6. The molecule has 8 nitrogen and oxygen atoms in total. The second-order valence-corrected chi connectivity index (χ2v) is 9.56. The number of aliphatic hydroxyl groups is 1. The zero-order valence-corrected chi connectivity index (χ0v) is 18.2. The number of esters is 1. The maximum absolute atomic E-state index is 14.1. The lowest BCUT2D eigenvalue weighted by molar-refractivity contribution is -0.00779. The predicted molar refractivity (Wildman–Crippen MR) is 111 cm³/mol. The zero-order valence-electron chi connectivity index (χ0n) is 17.4. The monoisotopic (exact) mass is 452 g/mol. The van der Waals surface area contributed by atoms with Gasteiger partial charge in [-0.2, -0.15) is 0 Å². The van der Waals surface area contributed by atoms with Crippen LogP contribution in [0.2, 0.25) is 0 Å². The van der Waals surface area contributed by atoms with Gasteiger partial charge in [-0.3, -0.25) is 0 Å². The zero-order chi connectivity index (χ0) is 22.8. The molecule has 0 bridgehead atoms. The van der Waals surface area contributed by atoms with Crippen LogP contribution in [0.3, 0.4) is 0 Å². The highest BCUT2D eigenvalue weighted by Crippen LogP contribution is 2.23. The van der Waals surface area contributed by atoms with E-state index < -0.39 is 38.9 Å². The van der Waals surface area contributed by atoms with E-state index in [2.05, 4.69) is 5.32 Å². The Bertz CT molecular complexity index is 1040. The Morgan fingerprint density at radius 1 is 1.23 bits per heavy atom. The summed E-state index contributed by atoms with van der Waals surface area (Å²) in [6.45, 7) is 0.239. The molecular weight excluding hydrogens is 427 g/mol. The van der Waals surface area contributed by atoms with Gasteiger partial charge in [0.1, 0.15) is 28.7 Å². The van der Waals surface area contributed by atoms with Crippen molar-refractivity contribution in [1.29, 1.82) is 0 Å². The van der Waals surface area contributed by atoms with Crippen molar-refractivity contribution >= 4 is 16.0 Å². The molecule has 1 fully saturated rings. The largest absolute Gasteiger partial charge is 0.497 e. The highest BCUT2D eigenvalue weighted by Gasteiger charge is 2.38. The maximum Gasteiger partial charge on any atom is 0.338 e. The van der Waals surface area contributed by atoms with Crippen molar-refractivity contribution in [3.8, 4) is 5.75 Å². The van der Waals surface area contributed by atoms with E-state index in [4.69, 9.17) is 9.47 Å². The third-order valence-corrected chi connectivity index (χ3v) is 6.98. The summed E-state index contributed by atoms with van der Waals surface area (Å²) in [6.07, 6.45) is -1.30. The third-order valence-electron chi connectivity index (χ3n) is 5.15. The fraction of sp³-hybridized carbons (Fsp3) is 0.381. The molecule has 3 atom stereocenters. The van der Waals surface area contributed by atoms with Gasteiger partial charge in [-0.05, 0) is 42.3 Å². The first kappa shape index (κ1) is 23.1. The fourth-order valence-corrected chi connectivity index (χ4v) is 4.34. The van der Waals surface area contributed by atoms with Gasteiger partial charge in [0.15, 0.2) is 0 Å². The van der Waals surface area contributed by atoms with E-state index >= 15 is 0 Å². The van der Waals surface area contributed by atoms with Crippen LogP contribution < -0.4 is 10.1 Å². The lowest BCUT2D eigenvalue weighted by atomic mass is 10.0. The number of sulfonamides is 1. The highest BCUT2D eigenvalue weighted by atomic mass is 32.2. The first-order valence-electron chi connectivity index (χ1n) is 9.61. The molecule has 0 radical (unpaired) electrons. The van der Waals surface area contributed by atoms with Gasteiger partial charge in [-0.15, -0.1) is 0 Å². The molecule has 0 spiro atoms. The van der Waals surface area contributed by atoms with Gasteiger partial charge in [-0.25, -0.2) is 21.9 Å². The molecule has 1 aliphatic rings. The number of rotatable bonds is 7. The number of carbonyl (C=O) groups excluding carboxylic acids is 1. The molecule has 2 aromatic carbocycles. The van der Waals surface area contributed by atoms with Gasteiger partial charge >= 0.3 is 5.97 Å². The van der Waals surface area contributed by atoms with Crippen molar-refractivity contribution in [2.45, 2.75) is 29.6 Å². The van der Waals surface area contributed by atoms with E-state index in [1.54, 1.807) is 7.11 Å². The van der Waals surface area contributed by atoms with Crippen molar-refractivity contribution in [1.82, 2.24) is 9.62 Å². The molecule has 10 heteroatoms. The molecule has 0 aromatic heterocycles. The number of nitrogens with zero attached hydrogens (tertiary/aromatic N) is 1. The normalized spacial score (nSPS) is 21.3. The Morgan fingerprint density at radius 2 is 1.90 bits per heavy atom. The lowest BCUT2D eigenvalue weighted by Crippen LogP contribution is -2.39. The van der Waals surface area contributed by atoms with Gasteiger partial charge in [0.05, 0.1) is 18.7 Å². The summed E-state index contributed by atoms with van der Waals surface area (Å²) in [5.74, 6) is -1.10. The molecule has 0 saturated carbocycles. The molecule has 0 aliphatic carbocycles. The van der Waals surface area contributed by atoms with Crippen molar-refractivity contribution in [3.05, 3.63) is 59.4 Å². The van der Waals surface area contributed by atoms with Crippen molar-refractivity contribution in [3.63, 3.8) is 0 Å². The molecule has 0 amide bonds. The van der Waals surface area contributed by atoms with E-state index in [1.807, 2.05) is 24.3 Å². The minimum Gasteiger partial charge on any atom is -0.497 e. The summed E-state index contributed by atoms with van der Waals surface area (Å²) in [5, 5.41) is 13.4. The summed E-state index contributed by atoms with van der Waals surface area (Å²) < 4.78 is 50.2. The van der Waals surface area contributed by atoms with E-state index in [1.165, 1.54) is 14.1 Å². The van der Waals surface area contributed by atoms with E-state index in [-0.39, 0.29) is 18.2 Å². The number of β-amino-alcohol motifs (C(OH)–C–C–N with tert-alkyl or cyclic N) is 1. The van der Waals surface area contributed by atoms with Gasteiger partial charge < -0.3 is 19.9 Å². The number of nitrogens with one attached hydrogen (secondary N) is 1. The smallest absolute Gasteiger partial charge is 0.338 e. The van der Waals surface area contributed by atoms with Crippen LogP contribution in [0.4, 0.5) is 4.39 Å². The molecule has 2 aromatic rings. The fourth-order valence-electron chi connectivity index (χ4n) is 3.35. The number of aliphatic hydroxyl groups excluding tert-OH is 1. The Morgan fingerprint density at radius 3 is 2.52 bits per heavy atom. The highest BCUT2D eigenvalue weighted by molar-refractivity contribution is 7.89. The Hall–Kier alpha value is -2.53. The molecule has 1 saturated heterocycles. The number of hydrogen-bond acceptors (Lipinski definition) is 7. The first-order valence-corrected chi connectivity index (χ1v) is 11.0. The number of benzene rings is 2. The third kappa shape index (κ3) is 5.04. The maximum atomic E-state index is 14.1. The molecule has 0 unspecified atom stereocenters. The van der Waals surface area contributed by atoms with Gasteiger partial charge in [-0.1, -0.05) is 12.1 Å². The standard InChI is InChI=1S/C21H25FN2O6S/c1-24(2)31(27,28)19-11-14(6-9-16(19)22)21(26)30-20-17(23-12-18(20)25)10-13-4-7-15(29-3)8-5-13/h4-9,11,17-18,20,23,25H,10,12H2,1-3H3/t17-,18+,20+/m1/s1. The van der Waals surface area contributed by atoms with Gasteiger partial charge in [0, 0.05) is 20.6 Å². The number of ether oxygens (including phenoxy) is 2. The number of hydrogen-bond donors (Lipinski definition) is 2. The molecule has 3 rings (SSSR count). The SMILES string of the molecule is COc1ccc(C[C@H]2NC[C@H](O)[C@H]2OC(=O)c2ccc(F)c(S(=O)(=O)N(C)C)c2)cc1. The summed E-state index contributed by atoms with van der Waals surface area (Å²) >= 11 is 0. The lowest BCUT2D eigenvalue weighted by Gasteiger charge is -2.22. The number of carbonyl (C=O) groups is 1. The number of halogens is 1. The molecule has 1 aliphatic heterocycles. The minimum absolute atomic E-state index is 0.121. The van der Waals surface area contributed by atoms with E-state index in [0.717, 1.165) is 28.1 Å². The van der Waals surface area contributed by atoms with E-state index in [0.29, 0.717) is 12.2 Å². The summed E-state index contributed by atoms with van der Waals surface area (Å²) in [5.41, 5.74) is 0.832. The quantitative estimate of drug-likeness (QED) is 0.608. The van der Waals surface area contributed by atoms with Crippen molar-refractivity contribution in [2.75, 3.05) is 27.7 Å². The molecule has 31 heavy (non-hydrogen) atoms. The van der Waals surface area contributed by atoms with Gasteiger partial charge in [0.2, 0.25) is 10.0 Å². The summed E-state index contributed by atoms with van der Waals surface area (Å²) in [7, 11) is 0.0291. The van der Waals surface area contributed by atoms with Crippen LogP contribution >= 0.6 is 0 Å². The van der Waals surface area contributed by atoms with Gasteiger partial charge in [0.25, 0.3) is 0 Å². The minimum atomic E-state index is -4.08. The Labute approximate surface area is 180 Å². The van der Waals surface area contributed by atoms with Crippen LogP contribution in [0.5, 0.6) is 5.75 Å². The summed E-state index contributed by atoms with van der Waals surface area (Å²) in [6, 6.07) is 10.0. The molecule has 2 N–H and O–H groups in total. The predicted octanol–water partition coefficient (Wildman–Crippen LogP) is 1.19. The van der Waals surface area contributed by atoms with Crippen molar-refractivity contribution in [2.24, 2.45) is 0 Å². The van der Waals surface area contributed by atoms with Crippen LogP contribution in [0.15, 0.2) is 47.4 Å². The van der Waals surface area contributed by atoms with Crippen LogP contribution in [-0.4, -0.2) is 69.8 Å². The number of methoxy groups -OCH3 is 1. The van der Waals surface area contributed by atoms with E-state index in [9.17, 15) is 22.7 Å². The van der Waals surface area contributed by atoms with Crippen molar-refractivity contribution < 1.29 is 32.2 Å².